The summed E-state index contributed by atoms with van der Waals surface area (Å²) in [6.07, 6.45) is 4.52. The van der Waals surface area contributed by atoms with E-state index in [1.165, 1.54) is 12.2 Å². The van der Waals surface area contributed by atoms with Gasteiger partial charge in [0.15, 0.2) is 0 Å². The molecule has 1 amide bonds. The summed E-state index contributed by atoms with van der Waals surface area (Å²) in [7, 11) is 0. The molecule has 0 radical (unpaired) electrons. The van der Waals surface area contributed by atoms with E-state index in [1.807, 2.05) is 0 Å². The molecular formula is C8H12N2O. The van der Waals surface area contributed by atoms with Gasteiger partial charge in [0.05, 0.1) is 0 Å². The number of allylic oxidation sites excluding steroid dienone is 3. The van der Waals surface area contributed by atoms with Crippen LogP contribution in [0, 0.1) is 0 Å². The fourth-order valence-corrected chi connectivity index (χ4v) is 0.472. The lowest BCUT2D eigenvalue weighted by Crippen LogP contribution is -2.12. The van der Waals surface area contributed by atoms with Gasteiger partial charge in [-0.15, -0.1) is 0 Å². The van der Waals surface area contributed by atoms with Gasteiger partial charge >= 0.3 is 0 Å². The molecule has 0 fully saturated rings. The molecular weight excluding hydrogens is 140 g/mol. The summed E-state index contributed by atoms with van der Waals surface area (Å²) in [5.74, 6) is -0.502. The quantitative estimate of drug-likeness (QED) is 0.455. The number of primary amides is 1. The molecule has 3 nitrogen and oxygen atoms in total. The van der Waals surface area contributed by atoms with Crippen molar-refractivity contribution < 1.29 is 4.79 Å². The van der Waals surface area contributed by atoms with Crippen molar-refractivity contribution in [2.75, 3.05) is 0 Å². The monoisotopic (exact) mass is 152 g/mol. The van der Waals surface area contributed by atoms with Crippen molar-refractivity contribution in [3.63, 3.8) is 0 Å². The van der Waals surface area contributed by atoms with Crippen LogP contribution in [0.3, 0.4) is 0 Å². The minimum absolute atomic E-state index is 0.356. The zero-order chi connectivity index (χ0) is 8.85. The SMILES string of the molecule is C=C/C(=C\C=C(/C)N)C(N)=O. The summed E-state index contributed by atoms with van der Waals surface area (Å²) in [5, 5.41) is 0. The molecule has 0 rings (SSSR count). The molecule has 0 aliphatic carbocycles. The highest BCUT2D eigenvalue weighted by Crippen LogP contribution is 1.95. The third-order valence-electron chi connectivity index (χ3n) is 1.03. The highest BCUT2D eigenvalue weighted by molar-refractivity contribution is 5.94. The average molecular weight is 152 g/mol. The van der Waals surface area contributed by atoms with Gasteiger partial charge < -0.3 is 11.5 Å². The van der Waals surface area contributed by atoms with Crippen LogP contribution in [0.1, 0.15) is 6.92 Å². The Bertz CT molecular complexity index is 222. The maximum Gasteiger partial charge on any atom is 0.248 e. The molecule has 60 valence electrons. The first-order valence-corrected chi connectivity index (χ1v) is 3.14. The number of hydrogen-bond donors (Lipinski definition) is 2. The molecule has 3 heteroatoms. The van der Waals surface area contributed by atoms with Gasteiger partial charge in [0.1, 0.15) is 0 Å². The summed E-state index contributed by atoms with van der Waals surface area (Å²) in [4.78, 5) is 10.6. The standard InChI is InChI=1S/C8H12N2O/c1-3-7(8(10)11)5-4-6(2)9/h3-5H,1,9H2,2H3,(H2,10,11)/b6-4+,7-5+. The maximum absolute atomic E-state index is 10.6. The smallest absolute Gasteiger partial charge is 0.248 e. The Morgan fingerprint density at radius 2 is 1.91 bits per heavy atom. The van der Waals surface area contributed by atoms with Gasteiger partial charge in [-0.2, -0.15) is 0 Å². The largest absolute Gasteiger partial charge is 0.402 e. The Labute approximate surface area is 66.1 Å². The third kappa shape index (κ3) is 3.97. The van der Waals surface area contributed by atoms with E-state index in [-0.39, 0.29) is 0 Å². The molecule has 0 aromatic carbocycles. The molecule has 0 aromatic rings. The second-order valence-corrected chi connectivity index (χ2v) is 2.10. The molecule has 0 aliphatic rings. The van der Waals surface area contributed by atoms with Gasteiger partial charge in [0.2, 0.25) is 5.91 Å². The Morgan fingerprint density at radius 1 is 1.36 bits per heavy atom. The summed E-state index contributed by atoms with van der Waals surface area (Å²) >= 11 is 0. The van der Waals surface area contributed by atoms with Crippen LogP contribution in [0.15, 0.2) is 36.1 Å². The van der Waals surface area contributed by atoms with Crippen LogP contribution in [0.5, 0.6) is 0 Å². The van der Waals surface area contributed by atoms with Gasteiger partial charge in [-0.05, 0) is 19.1 Å². The Balaban J connectivity index is 4.50. The van der Waals surface area contributed by atoms with Crippen LogP contribution in [0.2, 0.25) is 0 Å². The fourth-order valence-electron chi connectivity index (χ4n) is 0.472. The van der Waals surface area contributed by atoms with Crippen molar-refractivity contribution in [3.05, 3.63) is 36.1 Å². The number of carbonyl (C=O) groups is 1. The zero-order valence-electron chi connectivity index (χ0n) is 6.50. The third-order valence-corrected chi connectivity index (χ3v) is 1.03. The van der Waals surface area contributed by atoms with Gasteiger partial charge in [-0.1, -0.05) is 12.7 Å². The number of carbonyl (C=O) groups excluding carboxylic acids is 1. The number of nitrogens with two attached hydrogens (primary N) is 2. The molecule has 11 heavy (non-hydrogen) atoms. The first-order valence-electron chi connectivity index (χ1n) is 3.14. The highest BCUT2D eigenvalue weighted by atomic mass is 16.1. The van der Waals surface area contributed by atoms with Crippen LogP contribution < -0.4 is 11.5 Å². The van der Waals surface area contributed by atoms with Gasteiger partial charge in [-0.3, -0.25) is 4.79 Å². The van der Waals surface area contributed by atoms with Crippen LogP contribution in [0.25, 0.3) is 0 Å². The molecule has 0 atom stereocenters. The predicted octanol–water partition coefficient (Wildman–Crippen LogP) is 0.447. The Kier molecular flexibility index (Phi) is 3.73. The van der Waals surface area contributed by atoms with E-state index >= 15 is 0 Å². The minimum Gasteiger partial charge on any atom is -0.402 e. The second-order valence-electron chi connectivity index (χ2n) is 2.10. The van der Waals surface area contributed by atoms with E-state index in [0.29, 0.717) is 11.3 Å². The van der Waals surface area contributed by atoms with Crippen LogP contribution in [-0.2, 0) is 4.79 Å². The van der Waals surface area contributed by atoms with Crippen LogP contribution in [0.4, 0.5) is 0 Å². The fraction of sp³-hybridized carbons (Fsp3) is 0.125. The van der Waals surface area contributed by atoms with Gasteiger partial charge in [0.25, 0.3) is 0 Å². The van der Waals surface area contributed by atoms with Crippen molar-refractivity contribution >= 4 is 5.91 Å². The van der Waals surface area contributed by atoms with E-state index in [2.05, 4.69) is 6.58 Å². The summed E-state index contributed by atoms with van der Waals surface area (Å²) < 4.78 is 0. The molecule has 0 aromatic heterocycles. The molecule has 0 spiro atoms. The van der Waals surface area contributed by atoms with E-state index in [9.17, 15) is 4.79 Å². The summed E-state index contributed by atoms with van der Waals surface area (Å²) in [6, 6.07) is 0. The van der Waals surface area contributed by atoms with Crippen molar-refractivity contribution in [1.29, 1.82) is 0 Å². The van der Waals surface area contributed by atoms with Crippen molar-refractivity contribution in [2.24, 2.45) is 11.5 Å². The molecule has 0 unspecified atom stereocenters. The number of rotatable bonds is 3. The normalized spacial score (nSPS) is 12.8. The average Bonchev–Trinajstić information content (AvgIpc) is 1.87. The predicted molar refractivity (Wildman–Crippen MR) is 45.4 cm³/mol. The molecule has 0 saturated heterocycles. The highest BCUT2D eigenvalue weighted by Gasteiger charge is 1.95. The molecule has 4 N–H and O–H groups in total. The molecule has 0 aliphatic heterocycles. The van der Waals surface area contributed by atoms with Gasteiger partial charge in [-0.25, -0.2) is 0 Å². The second kappa shape index (κ2) is 4.33. The van der Waals surface area contributed by atoms with Gasteiger partial charge in [0, 0.05) is 11.3 Å². The Morgan fingerprint density at radius 3 is 2.18 bits per heavy atom. The van der Waals surface area contributed by atoms with E-state index < -0.39 is 5.91 Å². The summed E-state index contributed by atoms with van der Waals surface area (Å²) in [6.45, 7) is 5.14. The van der Waals surface area contributed by atoms with Crippen LogP contribution >= 0.6 is 0 Å². The number of hydrogen-bond acceptors (Lipinski definition) is 2. The van der Waals surface area contributed by atoms with Crippen molar-refractivity contribution in [2.45, 2.75) is 6.92 Å². The van der Waals surface area contributed by atoms with E-state index in [4.69, 9.17) is 11.5 Å². The zero-order valence-corrected chi connectivity index (χ0v) is 6.50. The lowest BCUT2D eigenvalue weighted by atomic mass is 10.2. The van der Waals surface area contributed by atoms with E-state index in [0.717, 1.165) is 0 Å². The Hall–Kier alpha value is -1.51. The first kappa shape index (κ1) is 9.49. The van der Waals surface area contributed by atoms with Crippen LogP contribution in [-0.4, -0.2) is 5.91 Å². The molecule has 0 saturated carbocycles. The molecule has 0 bridgehead atoms. The minimum atomic E-state index is -0.502. The lowest BCUT2D eigenvalue weighted by molar-refractivity contribution is -0.114. The van der Waals surface area contributed by atoms with Crippen molar-refractivity contribution in [1.82, 2.24) is 0 Å². The first-order chi connectivity index (χ1) is 5.07. The molecule has 0 heterocycles. The van der Waals surface area contributed by atoms with Crippen molar-refractivity contribution in [3.8, 4) is 0 Å². The lowest BCUT2D eigenvalue weighted by Gasteiger charge is -1.91. The maximum atomic E-state index is 10.6. The summed E-state index contributed by atoms with van der Waals surface area (Å²) in [5.41, 5.74) is 11.3. The topological polar surface area (TPSA) is 69.1 Å². The van der Waals surface area contributed by atoms with E-state index in [1.54, 1.807) is 13.0 Å². The number of amides is 1.